The molecule has 2 saturated heterocycles. The van der Waals surface area contributed by atoms with E-state index in [4.69, 9.17) is 9.47 Å². The SMILES string of the molecule is CC1(CO)CCC2(C(=O)O)CCC3(C)C(=CCC4C5(C6CCCCC6)C(CC6CC(=O)NC6Cc6cnc[nH]6)C(O)C(OC6OCC(O)C(O)C6O)C(C)(CO)C5CCC43C)C2C1. The first-order valence-corrected chi connectivity index (χ1v) is 24.3. The van der Waals surface area contributed by atoms with E-state index < -0.39 is 64.9 Å². The molecule has 2 aliphatic heterocycles. The van der Waals surface area contributed by atoms with Crippen molar-refractivity contribution in [1.82, 2.24) is 15.3 Å². The van der Waals surface area contributed by atoms with Crippen molar-refractivity contribution < 1.29 is 54.8 Å². The van der Waals surface area contributed by atoms with E-state index in [0.29, 0.717) is 51.4 Å². The van der Waals surface area contributed by atoms with Crippen molar-refractivity contribution in [2.45, 2.75) is 173 Å². The zero-order valence-corrected chi connectivity index (χ0v) is 37.9. The number of nitrogens with zero attached hydrogens (tertiary/aromatic N) is 1. The first kappa shape index (κ1) is 45.7. The van der Waals surface area contributed by atoms with Gasteiger partial charge in [-0.2, -0.15) is 0 Å². The second-order valence-corrected chi connectivity index (χ2v) is 23.0. The van der Waals surface area contributed by atoms with Crippen LogP contribution in [0, 0.1) is 68.0 Å². The van der Waals surface area contributed by atoms with Crippen molar-refractivity contribution in [3.63, 3.8) is 0 Å². The minimum atomic E-state index is -1.59. The number of imidazole rings is 1. The maximum Gasteiger partial charge on any atom is 0.310 e. The van der Waals surface area contributed by atoms with Crippen LogP contribution < -0.4 is 5.32 Å². The number of carbonyl (C=O) groups excluding carboxylic acids is 1. The van der Waals surface area contributed by atoms with Gasteiger partial charge in [0, 0.05) is 42.8 Å². The zero-order chi connectivity index (χ0) is 44.9. The van der Waals surface area contributed by atoms with Gasteiger partial charge in [-0.15, -0.1) is 0 Å². The Morgan fingerprint density at radius 2 is 1.67 bits per heavy atom. The summed E-state index contributed by atoms with van der Waals surface area (Å²) in [5.41, 5.74) is -1.38. The van der Waals surface area contributed by atoms with Crippen molar-refractivity contribution in [1.29, 1.82) is 0 Å². The lowest BCUT2D eigenvalue weighted by Gasteiger charge is -2.76. The predicted octanol–water partition coefficient (Wildman–Crippen LogP) is 4.26. The van der Waals surface area contributed by atoms with Crippen molar-refractivity contribution in [3.05, 3.63) is 29.9 Å². The second-order valence-electron chi connectivity index (χ2n) is 23.0. The number of aromatic nitrogens is 2. The molecular formula is C49H75N3O11. The number of carboxylic acid groups (broad SMARTS) is 1. The summed E-state index contributed by atoms with van der Waals surface area (Å²) in [5.74, 6) is -1.47. The lowest BCUT2D eigenvalue weighted by Crippen LogP contribution is -2.75. The fourth-order valence-corrected chi connectivity index (χ4v) is 16.7. The van der Waals surface area contributed by atoms with Gasteiger partial charge in [0.1, 0.15) is 18.3 Å². The number of aliphatic hydroxyl groups excluding tert-OH is 6. The van der Waals surface area contributed by atoms with Gasteiger partial charge in [0.2, 0.25) is 5.91 Å². The van der Waals surface area contributed by atoms with Gasteiger partial charge in [0.05, 0.1) is 37.2 Å². The lowest BCUT2D eigenvalue weighted by atomic mass is 9.29. The van der Waals surface area contributed by atoms with Crippen molar-refractivity contribution in [2.24, 2.45) is 68.0 Å². The summed E-state index contributed by atoms with van der Waals surface area (Å²) in [4.78, 5) is 34.4. The number of hydrogen-bond acceptors (Lipinski definition) is 11. The van der Waals surface area contributed by atoms with E-state index in [1.54, 1.807) is 12.5 Å². The highest BCUT2D eigenvalue weighted by Gasteiger charge is 2.76. The number of hydrogen-bond donors (Lipinski definition) is 9. The van der Waals surface area contributed by atoms with Crippen LogP contribution in [0.25, 0.3) is 0 Å². The van der Waals surface area contributed by atoms with Crippen LogP contribution >= 0.6 is 0 Å². The highest BCUT2D eigenvalue weighted by molar-refractivity contribution is 5.79. The number of aliphatic hydroxyl groups is 6. The van der Waals surface area contributed by atoms with Crippen LogP contribution in [0.5, 0.6) is 0 Å². The Labute approximate surface area is 372 Å². The number of fused-ring (bicyclic) bond motifs is 7. The predicted molar refractivity (Wildman–Crippen MR) is 230 cm³/mol. The highest BCUT2D eigenvalue weighted by Crippen LogP contribution is 2.79. The van der Waals surface area contributed by atoms with Gasteiger partial charge in [-0.25, -0.2) is 4.98 Å². The van der Waals surface area contributed by atoms with Crippen LogP contribution in [0.1, 0.15) is 130 Å². The summed E-state index contributed by atoms with van der Waals surface area (Å²) in [7, 11) is 0. The van der Waals surface area contributed by atoms with E-state index in [0.717, 1.165) is 57.1 Å². The third kappa shape index (κ3) is 6.79. The number of nitrogens with one attached hydrogen (secondary N) is 2. The zero-order valence-electron chi connectivity index (χ0n) is 37.9. The molecule has 14 nitrogen and oxygen atoms in total. The maximum atomic E-state index is 13.5. The Morgan fingerprint density at radius 1 is 0.921 bits per heavy atom. The van der Waals surface area contributed by atoms with Crippen LogP contribution in [0.3, 0.4) is 0 Å². The summed E-state index contributed by atoms with van der Waals surface area (Å²) in [6.07, 6.45) is 9.79. The Bertz CT molecular complexity index is 1890. The Balaban J connectivity index is 1.21. The molecule has 18 unspecified atom stereocenters. The van der Waals surface area contributed by atoms with Crippen LogP contribution in [0.15, 0.2) is 24.2 Å². The molecule has 9 rings (SSSR count). The smallest absolute Gasteiger partial charge is 0.310 e. The normalized spacial score (nSPS) is 50.1. The van der Waals surface area contributed by atoms with E-state index in [1.165, 1.54) is 5.57 Å². The van der Waals surface area contributed by atoms with Crippen LogP contribution in [0.4, 0.5) is 0 Å². The van der Waals surface area contributed by atoms with E-state index >= 15 is 0 Å². The number of ether oxygens (including phenoxy) is 2. The fourth-order valence-electron chi connectivity index (χ4n) is 16.7. The molecule has 0 bridgehead atoms. The molecule has 0 spiro atoms. The maximum absolute atomic E-state index is 13.5. The molecule has 63 heavy (non-hydrogen) atoms. The number of aromatic amines is 1. The average molecular weight is 882 g/mol. The first-order valence-electron chi connectivity index (χ1n) is 24.3. The summed E-state index contributed by atoms with van der Waals surface area (Å²) in [6, 6.07) is -0.211. The van der Waals surface area contributed by atoms with Gasteiger partial charge in [0.15, 0.2) is 6.29 Å². The van der Waals surface area contributed by atoms with Gasteiger partial charge in [-0.3, -0.25) is 9.59 Å². The second kappa shape index (κ2) is 16.4. The standard InChI is InChI=1S/C49H75N3O11/c1-44(24-53)14-16-48(43(60)61)17-15-46(3)30(32(48)21-44)10-11-36-47(46,4)13-12-35-45(2,25-54)41(63-42-40(59)39(58)34(55)23-62-42)38(57)31(49(35,36)28-8-6-5-7-9-28)18-27-19-37(56)52-33(27)20-29-22-50-26-51-29/h10,22,26-28,31-36,38-42,53-55,57-59H,5-9,11-21,23-25H2,1-4H3,(H,50,51)(H,52,56)(H,60,61). The number of rotatable bonds is 10. The molecule has 0 radical (unpaired) electrons. The molecule has 1 amide bonds. The molecule has 6 aliphatic carbocycles. The third-order valence-corrected chi connectivity index (χ3v) is 20.3. The molecule has 352 valence electrons. The number of allylic oxidation sites excluding steroid dienone is 2. The number of amides is 1. The molecule has 8 aliphatic rings. The average Bonchev–Trinajstić information content (AvgIpc) is 3.92. The van der Waals surface area contributed by atoms with Gasteiger partial charge in [0.25, 0.3) is 0 Å². The van der Waals surface area contributed by atoms with Gasteiger partial charge in [-0.05, 0) is 128 Å². The van der Waals surface area contributed by atoms with Gasteiger partial charge >= 0.3 is 5.97 Å². The third-order valence-electron chi connectivity index (χ3n) is 20.3. The van der Waals surface area contributed by atoms with Gasteiger partial charge < -0.3 is 55.5 Å². The topological polar surface area (TPSA) is 235 Å². The molecule has 7 fully saturated rings. The summed E-state index contributed by atoms with van der Waals surface area (Å²) in [5, 5.41) is 82.8. The number of aliphatic carboxylic acids is 1. The molecular weight excluding hydrogens is 807 g/mol. The Morgan fingerprint density at radius 3 is 2.35 bits per heavy atom. The van der Waals surface area contributed by atoms with Crippen LogP contribution in [-0.4, -0.2) is 120 Å². The van der Waals surface area contributed by atoms with E-state index in [-0.39, 0.29) is 77.6 Å². The van der Waals surface area contributed by atoms with Crippen LogP contribution in [-0.2, 0) is 25.5 Å². The van der Waals surface area contributed by atoms with Gasteiger partial charge in [-0.1, -0.05) is 58.6 Å². The van der Waals surface area contributed by atoms with Crippen LogP contribution in [0.2, 0.25) is 0 Å². The number of carboxylic acids is 1. The Kier molecular flexibility index (Phi) is 11.9. The van der Waals surface area contributed by atoms with E-state index in [2.05, 4.69) is 42.1 Å². The Hall–Kier alpha value is -2.43. The van der Waals surface area contributed by atoms with Crippen molar-refractivity contribution in [2.75, 3.05) is 19.8 Å². The minimum absolute atomic E-state index is 0.0144. The largest absolute Gasteiger partial charge is 0.481 e. The number of carbonyl (C=O) groups is 2. The first-order chi connectivity index (χ1) is 29.9. The number of H-pyrrole nitrogens is 1. The molecule has 3 heterocycles. The highest BCUT2D eigenvalue weighted by atomic mass is 16.7. The molecule has 5 saturated carbocycles. The van der Waals surface area contributed by atoms with E-state index in [9.17, 15) is 45.3 Å². The van der Waals surface area contributed by atoms with E-state index in [1.807, 2.05) is 6.92 Å². The quantitative estimate of drug-likeness (QED) is 0.119. The van der Waals surface area contributed by atoms with Crippen molar-refractivity contribution >= 4 is 11.9 Å². The summed E-state index contributed by atoms with van der Waals surface area (Å²) in [6.45, 7) is 8.42. The molecule has 18 atom stereocenters. The molecule has 0 aromatic carbocycles. The summed E-state index contributed by atoms with van der Waals surface area (Å²) >= 11 is 0. The molecule has 1 aromatic rings. The molecule has 1 aromatic heterocycles. The fraction of sp³-hybridized carbons (Fsp3) is 0.857. The monoisotopic (exact) mass is 882 g/mol. The molecule has 14 heteroatoms. The minimum Gasteiger partial charge on any atom is -0.481 e. The van der Waals surface area contributed by atoms with Crippen molar-refractivity contribution in [3.8, 4) is 0 Å². The summed E-state index contributed by atoms with van der Waals surface area (Å²) < 4.78 is 12.6. The molecule has 9 N–H and O–H groups in total. The lowest BCUT2D eigenvalue weighted by molar-refractivity contribution is -0.349.